The van der Waals surface area contributed by atoms with Crippen molar-refractivity contribution in [2.45, 2.75) is 0 Å². The summed E-state index contributed by atoms with van der Waals surface area (Å²) in [6.07, 6.45) is 4.12. The van der Waals surface area contributed by atoms with Crippen LogP contribution in [0.5, 0.6) is 0 Å². The van der Waals surface area contributed by atoms with Gasteiger partial charge < -0.3 is 5.32 Å². The molecule has 88 valence electrons. The van der Waals surface area contributed by atoms with E-state index in [1.54, 1.807) is 24.5 Å². The summed E-state index contributed by atoms with van der Waals surface area (Å²) in [5.74, 6) is 0.579. The summed E-state index contributed by atoms with van der Waals surface area (Å²) >= 11 is 0. The number of aromatic nitrogens is 2. The molecule has 0 fully saturated rings. The van der Waals surface area contributed by atoms with E-state index >= 15 is 0 Å². The van der Waals surface area contributed by atoms with Gasteiger partial charge >= 0.3 is 0 Å². The van der Waals surface area contributed by atoms with Gasteiger partial charge in [0.05, 0.1) is 0 Å². The van der Waals surface area contributed by atoms with E-state index in [0.29, 0.717) is 11.4 Å². The average Bonchev–Trinajstić information content (AvgIpc) is 2.40. The second-order valence-electron chi connectivity index (χ2n) is 3.28. The molecule has 0 bridgehead atoms. The minimum absolute atomic E-state index is 0.579. The fourth-order valence-corrected chi connectivity index (χ4v) is 1.24. The predicted octanol–water partition coefficient (Wildman–Crippen LogP) is 1.79. The quantitative estimate of drug-likeness (QED) is 0.798. The van der Waals surface area contributed by atoms with Crippen molar-refractivity contribution in [1.29, 1.82) is 0 Å². The number of nitrogens with one attached hydrogen (secondary N) is 1. The van der Waals surface area contributed by atoms with Crippen molar-refractivity contribution in [3.8, 4) is 11.4 Å². The summed E-state index contributed by atoms with van der Waals surface area (Å²) in [4.78, 5) is 18.9. The zero-order valence-electron chi connectivity index (χ0n) is 9.92. The maximum atomic E-state index is 10.7. The number of aldehydes is 1. The van der Waals surface area contributed by atoms with E-state index in [2.05, 4.69) is 15.3 Å². The van der Waals surface area contributed by atoms with Crippen LogP contribution in [0.25, 0.3) is 11.4 Å². The van der Waals surface area contributed by atoms with Crippen LogP contribution in [0, 0.1) is 0 Å². The minimum atomic E-state index is 0.579. The first-order valence-electron chi connectivity index (χ1n) is 5.23. The molecule has 0 aliphatic heterocycles. The molecule has 4 heteroatoms. The Labute approximate surface area is 101 Å². The Kier molecular flexibility index (Phi) is 5.54. The van der Waals surface area contributed by atoms with Crippen LogP contribution < -0.4 is 5.32 Å². The number of nitrogens with zero attached hydrogens (tertiary/aromatic N) is 2. The van der Waals surface area contributed by atoms with Gasteiger partial charge in [-0.2, -0.15) is 0 Å². The van der Waals surface area contributed by atoms with E-state index in [9.17, 15) is 4.79 Å². The first-order valence-corrected chi connectivity index (χ1v) is 5.23. The SMILES string of the molecule is CNC.O=Cc1ccccc1-c1ncccn1. The summed E-state index contributed by atoms with van der Waals surface area (Å²) < 4.78 is 0. The van der Waals surface area contributed by atoms with Crippen LogP contribution in [-0.2, 0) is 0 Å². The largest absolute Gasteiger partial charge is 0.323 e. The van der Waals surface area contributed by atoms with Gasteiger partial charge in [0.15, 0.2) is 12.1 Å². The molecule has 0 spiro atoms. The molecule has 0 atom stereocenters. The van der Waals surface area contributed by atoms with E-state index in [-0.39, 0.29) is 0 Å². The standard InChI is InChI=1S/C11H8N2O.C2H7N/c14-8-9-4-1-2-5-10(9)11-12-6-3-7-13-11;1-3-2/h1-8H;3H,1-2H3. The van der Waals surface area contributed by atoms with Gasteiger partial charge in [0, 0.05) is 23.5 Å². The summed E-state index contributed by atoms with van der Waals surface area (Å²) in [7, 11) is 3.75. The third-order valence-electron chi connectivity index (χ3n) is 1.89. The molecule has 17 heavy (non-hydrogen) atoms. The molecule has 0 aliphatic carbocycles. The molecule has 0 amide bonds. The number of hydrogen-bond acceptors (Lipinski definition) is 4. The monoisotopic (exact) mass is 229 g/mol. The number of benzene rings is 1. The van der Waals surface area contributed by atoms with Gasteiger partial charge in [0.25, 0.3) is 0 Å². The van der Waals surface area contributed by atoms with Crippen molar-refractivity contribution in [1.82, 2.24) is 15.3 Å². The lowest BCUT2D eigenvalue weighted by molar-refractivity contribution is 0.112. The lowest BCUT2D eigenvalue weighted by Crippen LogP contribution is -1.91. The molecule has 0 saturated carbocycles. The molecular weight excluding hydrogens is 214 g/mol. The lowest BCUT2D eigenvalue weighted by atomic mass is 10.1. The van der Waals surface area contributed by atoms with Crippen LogP contribution in [0.1, 0.15) is 10.4 Å². The average molecular weight is 229 g/mol. The molecule has 0 saturated heterocycles. The van der Waals surface area contributed by atoms with Crippen LogP contribution in [0.3, 0.4) is 0 Å². The lowest BCUT2D eigenvalue weighted by Gasteiger charge is -2.01. The smallest absolute Gasteiger partial charge is 0.159 e. The normalized spacial score (nSPS) is 9.06. The van der Waals surface area contributed by atoms with Crippen LogP contribution in [-0.4, -0.2) is 30.3 Å². The summed E-state index contributed by atoms with van der Waals surface area (Å²) in [5.41, 5.74) is 1.38. The highest BCUT2D eigenvalue weighted by atomic mass is 16.1. The molecule has 1 N–H and O–H groups in total. The fourth-order valence-electron chi connectivity index (χ4n) is 1.24. The Bertz CT molecular complexity index is 457. The number of rotatable bonds is 2. The number of hydrogen-bond donors (Lipinski definition) is 1. The first-order chi connectivity index (χ1) is 8.33. The summed E-state index contributed by atoms with van der Waals surface area (Å²) in [5, 5.41) is 2.75. The summed E-state index contributed by atoms with van der Waals surface area (Å²) in [6.45, 7) is 0. The maximum Gasteiger partial charge on any atom is 0.159 e. The highest BCUT2D eigenvalue weighted by Crippen LogP contribution is 2.17. The molecule has 0 aliphatic rings. The van der Waals surface area contributed by atoms with E-state index in [1.165, 1.54) is 0 Å². The predicted molar refractivity (Wildman–Crippen MR) is 67.8 cm³/mol. The highest BCUT2D eigenvalue weighted by Gasteiger charge is 2.04. The van der Waals surface area contributed by atoms with Gasteiger partial charge in [-0.25, -0.2) is 9.97 Å². The Morgan fingerprint density at radius 2 is 1.65 bits per heavy atom. The third-order valence-corrected chi connectivity index (χ3v) is 1.89. The number of carbonyl (C=O) groups is 1. The second kappa shape index (κ2) is 7.24. The van der Waals surface area contributed by atoms with Crippen molar-refractivity contribution in [2.24, 2.45) is 0 Å². The second-order valence-corrected chi connectivity index (χ2v) is 3.28. The minimum Gasteiger partial charge on any atom is -0.323 e. The zero-order chi connectivity index (χ0) is 12.5. The van der Waals surface area contributed by atoms with Gasteiger partial charge in [-0.3, -0.25) is 4.79 Å². The van der Waals surface area contributed by atoms with E-state index in [0.717, 1.165) is 11.8 Å². The van der Waals surface area contributed by atoms with Crippen molar-refractivity contribution in [2.75, 3.05) is 14.1 Å². The molecule has 1 aromatic heterocycles. The van der Waals surface area contributed by atoms with E-state index in [1.807, 2.05) is 32.3 Å². The molecule has 4 nitrogen and oxygen atoms in total. The van der Waals surface area contributed by atoms with E-state index in [4.69, 9.17) is 0 Å². The molecule has 1 heterocycles. The molecule has 2 rings (SSSR count). The Hall–Kier alpha value is -2.07. The molecule has 0 unspecified atom stereocenters. The highest BCUT2D eigenvalue weighted by molar-refractivity contribution is 5.85. The third kappa shape index (κ3) is 3.77. The van der Waals surface area contributed by atoms with E-state index < -0.39 is 0 Å². The van der Waals surface area contributed by atoms with Crippen molar-refractivity contribution in [3.63, 3.8) is 0 Å². The Balaban J connectivity index is 0.000000437. The Morgan fingerprint density at radius 1 is 1.06 bits per heavy atom. The molecule has 0 radical (unpaired) electrons. The maximum absolute atomic E-state index is 10.7. The van der Waals surface area contributed by atoms with Crippen molar-refractivity contribution >= 4 is 6.29 Å². The van der Waals surface area contributed by atoms with Gasteiger partial charge in [0.1, 0.15) is 0 Å². The molecular formula is C13H15N3O. The van der Waals surface area contributed by atoms with Crippen LogP contribution >= 0.6 is 0 Å². The van der Waals surface area contributed by atoms with Gasteiger partial charge in [0.2, 0.25) is 0 Å². The van der Waals surface area contributed by atoms with Gasteiger partial charge in [-0.05, 0) is 20.2 Å². The molecule has 2 aromatic rings. The fraction of sp³-hybridized carbons (Fsp3) is 0.154. The molecule has 1 aromatic carbocycles. The van der Waals surface area contributed by atoms with Gasteiger partial charge in [-0.1, -0.05) is 24.3 Å². The number of carbonyl (C=O) groups excluding carboxylic acids is 1. The van der Waals surface area contributed by atoms with Crippen LogP contribution in [0.15, 0.2) is 42.7 Å². The van der Waals surface area contributed by atoms with Crippen molar-refractivity contribution < 1.29 is 4.79 Å². The van der Waals surface area contributed by atoms with Crippen LogP contribution in [0.2, 0.25) is 0 Å². The topological polar surface area (TPSA) is 54.9 Å². The zero-order valence-corrected chi connectivity index (χ0v) is 9.92. The Morgan fingerprint density at radius 3 is 2.24 bits per heavy atom. The summed E-state index contributed by atoms with van der Waals surface area (Å²) in [6, 6.07) is 9.00. The van der Waals surface area contributed by atoms with Crippen LogP contribution in [0.4, 0.5) is 0 Å². The van der Waals surface area contributed by atoms with Crippen molar-refractivity contribution in [3.05, 3.63) is 48.3 Å². The first kappa shape index (κ1) is 13.0. The van der Waals surface area contributed by atoms with Gasteiger partial charge in [-0.15, -0.1) is 0 Å².